The molecule has 1 aromatic carbocycles. The van der Waals surface area contributed by atoms with Crippen LogP contribution in [-0.2, 0) is 0 Å². The third-order valence-corrected chi connectivity index (χ3v) is 7.44. The van der Waals surface area contributed by atoms with Crippen molar-refractivity contribution in [3.63, 3.8) is 0 Å². The quantitative estimate of drug-likeness (QED) is 0.686. The number of nitrogens with zero attached hydrogens (tertiary/aromatic N) is 4. The number of piperidine rings is 1. The van der Waals surface area contributed by atoms with Crippen LogP contribution in [-0.4, -0.2) is 75.3 Å². The molecule has 35 heavy (non-hydrogen) atoms. The van der Waals surface area contributed by atoms with Gasteiger partial charge in [0.1, 0.15) is 5.75 Å². The van der Waals surface area contributed by atoms with E-state index in [1.165, 1.54) is 18.2 Å². The summed E-state index contributed by atoms with van der Waals surface area (Å²) in [7, 11) is 0. The highest BCUT2D eigenvalue weighted by atomic mass is 19.4. The van der Waals surface area contributed by atoms with Crippen LogP contribution in [0.4, 0.5) is 13.2 Å². The zero-order chi connectivity index (χ0) is 24.9. The van der Waals surface area contributed by atoms with Crippen LogP contribution in [0.15, 0.2) is 24.3 Å². The van der Waals surface area contributed by atoms with Crippen molar-refractivity contribution in [1.29, 1.82) is 0 Å². The van der Waals surface area contributed by atoms with Gasteiger partial charge >= 0.3 is 6.36 Å². The van der Waals surface area contributed by atoms with E-state index < -0.39 is 6.36 Å². The molecule has 0 bridgehead atoms. The number of hydrogen-bond acceptors (Lipinski definition) is 5. The van der Waals surface area contributed by atoms with Crippen molar-refractivity contribution < 1.29 is 27.8 Å². The molecule has 1 aliphatic carbocycles. The predicted molar refractivity (Wildman–Crippen MR) is 123 cm³/mol. The van der Waals surface area contributed by atoms with E-state index in [1.807, 2.05) is 4.90 Å². The highest BCUT2D eigenvalue weighted by Crippen LogP contribution is 2.44. The smallest absolute Gasteiger partial charge is 0.406 e. The van der Waals surface area contributed by atoms with Crippen molar-refractivity contribution in [1.82, 2.24) is 19.6 Å². The highest BCUT2D eigenvalue weighted by Gasteiger charge is 2.39. The van der Waals surface area contributed by atoms with Crippen LogP contribution in [0, 0.1) is 12.8 Å². The summed E-state index contributed by atoms with van der Waals surface area (Å²) in [6, 6.07) is 6.08. The van der Waals surface area contributed by atoms with Crippen LogP contribution < -0.4 is 4.74 Å². The van der Waals surface area contributed by atoms with Gasteiger partial charge in [-0.15, -0.1) is 13.2 Å². The molecule has 3 heterocycles. The fourth-order valence-corrected chi connectivity index (χ4v) is 5.43. The van der Waals surface area contributed by atoms with Crippen molar-refractivity contribution >= 4 is 5.91 Å². The number of ether oxygens (including phenoxy) is 1. The predicted octanol–water partition coefficient (Wildman–Crippen LogP) is 3.87. The molecular weight excluding hydrogens is 461 g/mol. The molecule has 2 unspecified atom stereocenters. The fraction of sp³-hybridized carbons (Fsp3) is 0.600. The molecule has 1 amide bonds. The Labute approximate surface area is 202 Å². The van der Waals surface area contributed by atoms with Crippen molar-refractivity contribution in [2.75, 3.05) is 26.2 Å². The maximum absolute atomic E-state index is 13.7. The van der Waals surface area contributed by atoms with E-state index in [0.717, 1.165) is 37.9 Å². The van der Waals surface area contributed by atoms with Crippen molar-refractivity contribution in [2.24, 2.45) is 5.92 Å². The first-order chi connectivity index (χ1) is 16.6. The molecule has 5 rings (SSSR count). The van der Waals surface area contributed by atoms with Gasteiger partial charge in [0.05, 0.1) is 28.7 Å². The molecule has 2 atom stereocenters. The standard InChI is InChI=1S/C25H31F3N4O3/c1-15-13-31(14-21(15)33)18-8-10-30(11-9-18)24(34)22-16(2)29-32(23(22)17-6-7-17)19-4-3-5-20(12-19)35-25(26,27)28/h3-5,12,15,17-18,21,33H,6-11,13-14H2,1-2H3. The molecule has 1 aromatic heterocycles. The summed E-state index contributed by atoms with van der Waals surface area (Å²) in [4.78, 5) is 17.9. The largest absolute Gasteiger partial charge is 0.573 e. The normalized spacial score (nSPS) is 24.2. The second-order valence-electron chi connectivity index (χ2n) is 10.1. The van der Waals surface area contributed by atoms with Gasteiger partial charge in [0, 0.05) is 44.2 Å². The van der Waals surface area contributed by atoms with Gasteiger partial charge in [0.2, 0.25) is 0 Å². The topological polar surface area (TPSA) is 70.8 Å². The number of β-amino-alcohol motifs (C(OH)–C–C–N with tert-alkyl or cyclic N) is 1. The number of aromatic nitrogens is 2. The summed E-state index contributed by atoms with van der Waals surface area (Å²) in [6.45, 7) is 6.69. The minimum Gasteiger partial charge on any atom is -0.406 e. The lowest BCUT2D eigenvalue weighted by Gasteiger charge is -2.36. The minimum atomic E-state index is -4.78. The second kappa shape index (κ2) is 9.13. The highest BCUT2D eigenvalue weighted by molar-refractivity contribution is 5.97. The summed E-state index contributed by atoms with van der Waals surface area (Å²) in [5.41, 5.74) is 2.36. The van der Waals surface area contributed by atoms with Crippen LogP contribution in [0.2, 0.25) is 0 Å². The minimum absolute atomic E-state index is 0.0633. The van der Waals surface area contributed by atoms with Gasteiger partial charge in [0.25, 0.3) is 5.91 Å². The number of hydrogen-bond donors (Lipinski definition) is 1. The van der Waals surface area contributed by atoms with Crippen LogP contribution in [0.5, 0.6) is 5.75 Å². The average molecular weight is 493 g/mol. The molecule has 1 N–H and O–H groups in total. The molecule has 2 aromatic rings. The molecule has 0 radical (unpaired) electrons. The van der Waals surface area contributed by atoms with E-state index in [4.69, 9.17) is 0 Å². The monoisotopic (exact) mass is 492 g/mol. The Morgan fingerprint density at radius 3 is 2.46 bits per heavy atom. The Kier molecular flexibility index (Phi) is 6.29. The molecule has 0 spiro atoms. The zero-order valence-corrected chi connectivity index (χ0v) is 20.0. The third kappa shape index (κ3) is 5.04. The maximum atomic E-state index is 13.7. The molecule has 2 aliphatic heterocycles. The summed E-state index contributed by atoms with van der Waals surface area (Å²) in [5, 5.41) is 14.7. The number of aliphatic hydroxyl groups excluding tert-OH is 1. The number of carbonyl (C=O) groups is 1. The van der Waals surface area contributed by atoms with Crippen molar-refractivity contribution in [3.05, 3.63) is 41.2 Å². The Bertz CT molecular complexity index is 1080. The summed E-state index contributed by atoms with van der Waals surface area (Å²) >= 11 is 0. The molecule has 1 saturated carbocycles. The Morgan fingerprint density at radius 1 is 1.14 bits per heavy atom. The van der Waals surface area contributed by atoms with Gasteiger partial charge in [0.15, 0.2) is 0 Å². The zero-order valence-electron chi connectivity index (χ0n) is 20.0. The number of likely N-dealkylation sites (tertiary alicyclic amines) is 2. The van der Waals surface area contributed by atoms with Crippen LogP contribution >= 0.6 is 0 Å². The van der Waals surface area contributed by atoms with E-state index in [1.54, 1.807) is 17.7 Å². The Morgan fingerprint density at radius 2 is 1.86 bits per heavy atom. The Hall–Kier alpha value is -2.59. The molecule has 3 fully saturated rings. The molecule has 3 aliphatic rings. The molecule has 10 heteroatoms. The van der Waals surface area contributed by atoms with Crippen LogP contribution in [0.1, 0.15) is 60.3 Å². The molecule has 2 saturated heterocycles. The van der Waals surface area contributed by atoms with Crippen molar-refractivity contribution in [3.8, 4) is 11.4 Å². The van der Waals surface area contributed by atoms with E-state index in [-0.39, 0.29) is 29.6 Å². The van der Waals surface area contributed by atoms with Gasteiger partial charge in [-0.05, 0) is 50.7 Å². The first-order valence-electron chi connectivity index (χ1n) is 12.3. The molecule has 190 valence electrons. The summed E-state index contributed by atoms with van der Waals surface area (Å²) in [5.74, 6) is 0.0459. The third-order valence-electron chi connectivity index (χ3n) is 7.44. The van der Waals surface area contributed by atoms with E-state index in [9.17, 15) is 23.1 Å². The van der Waals surface area contributed by atoms with Crippen LogP contribution in [0.25, 0.3) is 5.69 Å². The van der Waals surface area contributed by atoms with E-state index in [2.05, 4.69) is 21.7 Å². The number of halogens is 3. The van der Waals surface area contributed by atoms with Crippen molar-refractivity contribution in [2.45, 2.75) is 64.0 Å². The number of rotatable bonds is 5. The number of amides is 1. The van der Waals surface area contributed by atoms with Gasteiger partial charge < -0.3 is 14.7 Å². The van der Waals surface area contributed by atoms with E-state index in [0.29, 0.717) is 42.6 Å². The molecule has 7 nitrogen and oxygen atoms in total. The number of carbonyl (C=O) groups excluding carboxylic acids is 1. The Balaban J connectivity index is 1.36. The van der Waals surface area contributed by atoms with Gasteiger partial charge in [-0.1, -0.05) is 13.0 Å². The summed E-state index contributed by atoms with van der Waals surface area (Å²) < 4.78 is 43.9. The second-order valence-corrected chi connectivity index (χ2v) is 10.1. The van der Waals surface area contributed by atoms with Gasteiger partial charge in [-0.2, -0.15) is 5.10 Å². The first kappa shape index (κ1) is 24.1. The van der Waals surface area contributed by atoms with Crippen LogP contribution in [0.3, 0.4) is 0 Å². The lowest BCUT2D eigenvalue weighted by atomic mass is 10.0. The summed E-state index contributed by atoms with van der Waals surface area (Å²) in [6.07, 6.45) is -1.52. The maximum Gasteiger partial charge on any atom is 0.573 e. The average Bonchev–Trinajstić information content (AvgIpc) is 3.51. The fourth-order valence-electron chi connectivity index (χ4n) is 5.43. The van der Waals surface area contributed by atoms with Gasteiger partial charge in [-0.3, -0.25) is 9.69 Å². The number of alkyl halides is 3. The number of benzene rings is 1. The SMILES string of the molecule is Cc1nn(-c2cccc(OC(F)(F)F)c2)c(C2CC2)c1C(=O)N1CCC(N2CC(C)C(O)C2)CC1. The number of aryl methyl sites for hydroxylation is 1. The lowest BCUT2D eigenvalue weighted by molar-refractivity contribution is -0.274. The molecular formula is C25H31F3N4O3. The number of aliphatic hydroxyl groups is 1. The van der Waals surface area contributed by atoms with E-state index >= 15 is 0 Å². The van der Waals surface area contributed by atoms with Gasteiger partial charge in [-0.25, -0.2) is 4.68 Å². The first-order valence-corrected chi connectivity index (χ1v) is 12.3. The lowest BCUT2D eigenvalue weighted by Crippen LogP contribution is -2.46.